The third kappa shape index (κ3) is 4.97. The molecule has 0 saturated carbocycles. The molecule has 9 heteroatoms. The van der Waals surface area contributed by atoms with Crippen molar-refractivity contribution in [2.45, 2.75) is 32.2 Å². The van der Waals surface area contributed by atoms with Gasteiger partial charge in [0.1, 0.15) is 12.6 Å². The van der Waals surface area contributed by atoms with Crippen molar-refractivity contribution in [1.29, 1.82) is 0 Å². The van der Waals surface area contributed by atoms with Crippen LogP contribution < -0.4 is 9.80 Å². The van der Waals surface area contributed by atoms with E-state index in [1.165, 1.54) is 0 Å². The minimum Gasteiger partial charge on any atom is -0.371 e. The van der Waals surface area contributed by atoms with Crippen molar-refractivity contribution in [3.05, 3.63) is 5.82 Å². The zero-order valence-electron chi connectivity index (χ0n) is 14.8. The van der Waals surface area contributed by atoms with Gasteiger partial charge in [0.2, 0.25) is 11.9 Å². The van der Waals surface area contributed by atoms with Crippen LogP contribution in [0.2, 0.25) is 0 Å². The summed E-state index contributed by atoms with van der Waals surface area (Å²) in [6.07, 6.45) is 0.758. The fraction of sp³-hybridized carbons (Fsp3) is 0.812. The third-order valence-electron chi connectivity index (χ3n) is 4.22. The van der Waals surface area contributed by atoms with Crippen LogP contribution in [0.4, 0.5) is 11.9 Å². The Morgan fingerprint density at radius 3 is 1.84 bits per heavy atom. The van der Waals surface area contributed by atoms with E-state index in [2.05, 4.69) is 14.9 Å². The number of aromatic nitrogens is 3. The highest BCUT2D eigenvalue weighted by Gasteiger charge is 2.33. The molecular weight excluding hydrogens is 326 g/mol. The summed E-state index contributed by atoms with van der Waals surface area (Å²) in [7, 11) is 0. The summed E-state index contributed by atoms with van der Waals surface area (Å²) in [5.41, 5.74) is 0. The summed E-state index contributed by atoms with van der Waals surface area (Å²) in [4.78, 5) is 17.9. The molecular formula is C16H25N5O4. The molecule has 4 heterocycles. The van der Waals surface area contributed by atoms with Crippen LogP contribution in [0.25, 0.3) is 0 Å². The van der Waals surface area contributed by atoms with E-state index in [9.17, 15) is 0 Å². The van der Waals surface area contributed by atoms with Gasteiger partial charge in [0, 0.05) is 19.7 Å². The van der Waals surface area contributed by atoms with Gasteiger partial charge in [-0.25, -0.2) is 0 Å². The Balaban J connectivity index is 1.53. The number of nitrogens with zero attached hydrogens (tertiary/aromatic N) is 5. The highest BCUT2D eigenvalue weighted by Crippen LogP contribution is 2.22. The molecule has 0 aliphatic carbocycles. The van der Waals surface area contributed by atoms with E-state index in [-0.39, 0.29) is 18.3 Å². The van der Waals surface area contributed by atoms with Crippen molar-refractivity contribution < 1.29 is 18.9 Å². The summed E-state index contributed by atoms with van der Waals surface area (Å²) in [5, 5.41) is 0. The summed E-state index contributed by atoms with van der Waals surface area (Å²) in [6.45, 7) is 9.61. The van der Waals surface area contributed by atoms with Crippen LogP contribution in [0.3, 0.4) is 0 Å². The Kier molecular flexibility index (Phi) is 4.98. The Morgan fingerprint density at radius 1 is 0.880 bits per heavy atom. The molecule has 138 valence electrons. The zero-order valence-corrected chi connectivity index (χ0v) is 14.8. The van der Waals surface area contributed by atoms with E-state index in [1.807, 2.05) is 18.7 Å². The van der Waals surface area contributed by atoms with Crippen molar-refractivity contribution in [2.24, 2.45) is 0 Å². The molecule has 1 aromatic rings. The standard InChI is InChI=1S/C16H25N5O4/c1-3-22-10-21(6-14-9-25-14)16-18-11(2)17-15(19-16)20(4-12-7-23-12)5-13-8-24-13/h12-14H,3-10H2,1-2H3. The first-order chi connectivity index (χ1) is 12.2. The van der Waals surface area contributed by atoms with Gasteiger partial charge in [0.25, 0.3) is 0 Å². The van der Waals surface area contributed by atoms with E-state index in [1.54, 1.807) is 0 Å². The molecule has 25 heavy (non-hydrogen) atoms. The molecule has 0 N–H and O–H groups in total. The highest BCUT2D eigenvalue weighted by molar-refractivity contribution is 5.40. The predicted molar refractivity (Wildman–Crippen MR) is 89.8 cm³/mol. The average Bonchev–Trinajstić information content (AvgIpc) is 3.44. The van der Waals surface area contributed by atoms with Gasteiger partial charge in [-0.3, -0.25) is 0 Å². The molecule has 3 fully saturated rings. The lowest BCUT2D eigenvalue weighted by Crippen LogP contribution is -2.36. The molecule has 1 aromatic heterocycles. The van der Waals surface area contributed by atoms with Gasteiger partial charge in [-0.15, -0.1) is 0 Å². The quantitative estimate of drug-likeness (QED) is 0.403. The summed E-state index contributed by atoms with van der Waals surface area (Å²) >= 11 is 0. The van der Waals surface area contributed by atoms with Gasteiger partial charge in [-0.05, 0) is 13.8 Å². The first kappa shape index (κ1) is 16.9. The van der Waals surface area contributed by atoms with Crippen molar-refractivity contribution >= 4 is 11.9 Å². The zero-order chi connectivity index (χ0) is 17.2. The minimum atomic E-state index is 0.233. The lowest BCUT2D eigenvalue weighted by atomic mass is 10.3. The second-order valence-electron chi connectivity index (χ2n) is 6.60. The average molecular weight is 351 g/mol. The van der Waals surface area contributed by atoms with E-state index in [0.717, 1.165) is 39.5 Å². The smallest absolute Gasteiger partial charge is 0.232 e. The van der Waals surface area contributed by atoms with Crippen LogP contribution in [-0.4, -0.2) is 86.1 Å². The summed E-state index contributed by atoms with van der Waals surface area (Å²) < 4.78 is 21.7. The van der Waals surface area contributed by atoms with Gasteiger partial charge < -0.3 is 28.7 Å². The number of ether oxygens (including phenoxy) is 4. The van der Waals surface area contributed by atoms with Crippen LogP contribution in [-0.2, 0) is 18.9 Å². The monoisotopic (exact) mass is 351 g/mol. The molecule has 4 rings (SSSR count). The minimum absolute atomic E-state index is 0.233. The van der Waals surface area contributed by atoms with E-state index in [4.69, 9.17) is 23.9 Å². The second-order valence-corrected chi connectivity index (χ2v) is 6.60. The van der Waals surface area contributed by atoms with Gasteiger partial charge in [-0.2, -0.15) is 15.0 Å². The molecule has 0 bridgehead atoms. The van der Waals surface area contributed by atoms with Crippen molar-refractivity contribution in [3.63, 3.8) is 0 Å². The Bertz CT molecular complexity index is 578. The molecule has 0 amide bonds. The van der Waals surface area contributed by atoms with Gasteiger partial charge in [0.15, 0.2) is 0 Å². The molecule has 0 spiro atoms. The molecule has 9 nitrogen and oxygen atoms in total. The number of anilines is 2. The highest BCUT2D eigenvalue weighted by atomic mass is 16.6. The predicted octanol–water partition coefficient (Wildman–Crippen LogP) is -0.0168. The molecule has 3 atom stereocenters. The van der Waals surface area contributed by atoms with Crippen LogP contribution in [0.1, 0.15) is 12.7 Å². The fourth-order valence-electron chi connectivity index (χ4n) is 2.63. The lowest BCUT2D eigenvalue weighted by Gasteiger charge is -2.25. The van der Waals surface area contributed by atoms with Crippen LogP contribution in [0.5, 0.6) is 0 Å². The van der Waals surface area contributed by atoms with Crippen molar-refractivity contribution in [3.8, 4) is 0 Å². The molecule has 3 aliphatic rings. The first-order valence-corrected chi connectivity index (χ1v) is 8.86. The third-order valence-corrected chi connectivity index (χ3v) is 4.22. The normalized spacial score (nSPS) is 26.4. The first-order valence-electron chi connectivity index (χ1n) is 8.86. The number of epoxide rings is 3. The van der Waals surface area contributed by atoms with Gasteiger partial charge in [0.05, 0.1) is 44.7 Å². The largest absolute Gasteiger partial charge is 0.371 e. The van der Waals surface area contributed by atoms with Crippen LogP contribution in [0, 0.1) is 6.92 Å². The maximum absolute atomic E-state index is 5.58. The van der Waals surface area contributed by atoms with E-state index in [0.29, 0.717) is 31.1 Å². The topological polar surface area (TPSA) is 92.0 Å². The van der Waals surface area contributed by atoms with E-state index >= 15 is 0 Å². The number of aryl methyl sites for hydroxylation is 1. The fourth-order valence-corrected chi connectivity index (χ4v) is 2.63. The molecule has 0 aromatic carbocycles. The maximum atomic E-state index is 5.58. The molecule has 3 saturated heterocycles. The lowest BCUT2D eigenvalue weighted by molar-refractivity contribution is 0.144. The Morgan fingerprint density at radius 2 is 1.36 bits per heavy atom. The number of rotatable bonds is 11. The molecule has 3 unspecified atom stereocenters. The van der Waals surface area contributed by atoms with Gasteiger partial charge >= 0.3 is 0 Å². The second kappa shape index (κ2) is 7.36. The number of hydrogen-bond donors (Lipinski definition) is 0. The summed E-state index contributed by atoms with van der Waals surface area (Å²) in [5.74, 6) is 1.99. The van der Waals surface area contributed by atoms with Crippen LogP contribution >= 0.6 is 0 Å². The molecule has 3 aliphatic heterocycles. The van der Waals surface area contributed by atoms with E-state index < -0.39 is 0 Å². The SMILES string of the molecule is CCOCN(CC1CO1)c1nc(C)nc(N(CC2CO2)CC2CO2)n1. The number of hydrogen-bond acceptors (Lipinski definition) is 9. The van der Waals surface area contributed by atoms with Crippen molar-refractivity contribution in [2.75, 3.05) is 62.6 Å². The van der Waals surface area contributed by atoms with Crippen molar-refractivity contribution in [1.82, 2.24) is 15.0 Å². The Hall–Kier alpha value is -1.55. The maximum Gasteiger partial charge on any atom is 0.232 e. The summed E-state index contributed by atoms with van der Waals surface area (Å²) in [6, 6.07) is 0. The van der Waals surface area contributed by atoms with Crippen LogP contribution in [0.15, 0.2) is 0 Å². The molecule has 0 radical (unpaired) electrons. The van der Waals surface area contributed by atoms with Gasteiger partial charge in [-0.1, -0.05) is 0 Å². The Labute approximate surface area is 147 Å².